The molecule has 1 heterocycles. The van der Waals surface area contributed by atoms with Crippen molar-refractivity contribution in [1.82, 2.24) is 0 Å². The van der Waals surface area contributed by atoms with Gasteiger partial charge in [0.15, 0.2) is 5.79 Å². The Morgan fingerprint density at radius 1 is 0.951 bits per heavy atom. The lowest BCUT2D eigenvalue weighted by molar-refractivity contribution is -0.394. The SMILES string of the molecule is CC(CCC(N)=O)C1CCC2C3C(O)CC4CC(O)CC(C5(O)O[C@H](CO)[C@@H](O)[C@H](O)[C@H]5O)C4(C)C3CC(O)C12C. The van der Waals surface area contributed by atoms with Gasteiger partial charge in [-0.15, -0.1) is 0 Å². The van der Waals surface area contributed by atoms with E-state index in [1.165, 1.54) is 0 Å². The van der Waals surface area contributed by atoms with Crippen LogP contribution in [0.25, 0.3) is 0 Å². The molecule has 41 heavy (non-hydrogen) atoms. The number of amides is 1. The molecule has 13 unspecified atom stereocenters. The largest absolute Gasteiger partial charge is 0.394 e. The molecule has 0 radical (unpaired) electrons. The maximum Gasteiger partial charge on any atom is 0.217 e. The molecule has 0 aromatic carbocycles. The minimum Gasteiger partial charge on any atom is -0.394 e. The van der Waals surface area contributed by atoms with Crippen LogP contribution in [0.2, 0.25) is 0 Å². The van der Waals surface area contributed by atoms with E-state index in [0.29, 0.717) is 25.7 Å². The summed E-state index contributed by atoms with van der Waals surface area (Å²) in [5.74, 6) is -4.17. The van der Waals surface area contributed by atoms with Gasteiger partial charge in [0.1, 0.15) is 24.4 Å². The van der Waals surface area contributed by atoms with Crippen molar-refractivity contribution in [3.63, 3.8) is 0 Å². The predicted octanol–water partition coefficient (Wildman–Crippen LogP) is -0.762. The van der Waals surface area contributed by atoms with E-state index < -0.39 is 71.9 Å². The molecule has 1 aliphatic heterocycles. The van der Waals surface area contributed by atoms with Gasteiger partial charge >= 0.3 is 0 Å². The van der Waals surface area contributed by atoms with Crippen molar-refractivity contribution in [2.24, 2.45) is 58.0 Å². The Kier molecular flexibility index (Phi) is 8.40. The van der Waals surface area contributed by atoms with Gasteiger partial charge in [0.05, 0.1) is 24.9 Å². The normalized spacial score (nSPS) is 55.9. The van der Waals surface area contributed by atoms with Gasteiger partial charge in [-0.1, -0.05) is 20.8 Å². The van der Waals surface area contributed by atoms with Crippen LogP contribution in [0.1, 0.15) is 72.1 Å². The summed E-state index contributed by atoms with van der Waals surface area (Å²) < 4.78 is 5.83. The molecule has 4 saturated carbocycles. The highest BCUT2D eigenvalue weighted by atomic mass is 16.7. The summed E-state index contributed by atoms with van der Waals surface area (Å²) in [6.45, 7) is 5.49. The average Bonchev–Trinajstić information content (AvgIpc) is 3.27. The van der Waals surface area contributed by atoms with Crippen molar-refractivity contribution in [3.05, 3.63) is 0 Å². The fraction of sp³-hybridized carbons (Fsp3) is 0.967. The maximum atomic E-state index is 12.0. The van der Waals surface area contributed by atoms with Crippen molar-refractivity contribution in [3.8, 4) is 0 Å². The Balaban J connectivity index is 1.53. The summed E-state index contributed by atoms with van der Waals surface area (Å²) in [7, 11) is 0. The molecule has 0 aromatic heterocycles. The van der Waals surface area contributed by atoms with E-state index >= 15 is 0 Å². The molecule has 10 N–H and O–H groups in total. The summed E-state index contributed by atoms with van der Waals surface area (Å²) >= 11 is 0. The molecular formula is C30H51NO10. The first-order valence-corrected chi connectivity index (χ1v) is 15.5. The van der Waals surface area contributed by atoms with E-state index in [-0.39, 0.29) is 54.3 Å². The zero-order valence-corrected chi connectivity index (χ0v) is 24.4. The summed E-state index contributed by atoms with van der Waals surface area (Å²) in [6.07, 6.45) is -5.22. The molecule has 236 valence electrons. The molecule has 0 aromatic rings. The number of rotatable bonds is 6. The maximum absolute atomic E-state index is 12.0. The zero-order valence-electron chi connectivity index (χ0n) is 24.4. The van der Waals surface area contributed by atoms with Crippen LogP contribution in [0.5, 0.6) is 0 Å². The second-order valence-electron chi connectivity index (χ2n) is 14.6. The van der Waals surface area contributed by atoms with Gasteiger partial charge in [-0.25, -0.2) is 0 Å². The number of hydrogen-bond donors (Lipinski definition) is 9. The van der Waals surface area contributed by atoms with Crippen LogP contribution >= 0.6 is 0 Å². The van der Waals surface area contributed by atoms with Gasteiger partial charge in [0, 0.05) is 12.3 Å². The van der Waals surface area contributed by atoms with Crippen LogP contribution in [0.4, 0.5) is 0 Å². The number of aliphatic hydroxyl groups excluding tert-OH is 7. The Morgan fingerprint density at radius 2 is 1.63 bits per heavy atom. The number of aliphatic hydroxyl groups is 8. The molecule has 0 bridgehead atoms. The van der Waals surface area contributed by atoms with E-state index in [0.717, 1.165) is 12.8 Å². The lowest BCUT2D eigenvalue weighted by Crippen LogP contribution is -2.73. The monoisotopic (exact) mass is 585 g/mol. The van der Waals surface area contributed by atoms with Crippen molar-refractivity contribution in [2.75, 3.05) is 6.61 Å². The second-order valence-corrected chi connectivity index (χ2v) is 14.6. The lowest BCUT2D eigenvalue weighted by Gasteiger charge is -2.67. The zero-order chi connectivity index (χ0) is 30.2. The van der Waals surface area contributed by atoms with Crippen molar-refractivity contribution >= 4 is 5.91 Å². The minimum atomic E-state index is -2.39. The van der Waals surface area contributed by atoms with E-state index in [1.54, 1.807) is 0 Å². The Hall–Kier alpha value is -0.890. The molecule has 4 aliphatic carbocycles. The quantitative estimate of drug-likeness (QED) is 0.190. The molecular weight excluding hydrogens is 534 g/mol. The molecule has 1 amide bonds. The highest BCUT2D eigenvalue weighted by Gasteiger charge is 2.71. The standard InChI is InChI=1S/C30H51NO10/c1-13(4-7-23(31)36)16-5-6-17-24-18(11-22(35)29(16,17)3)28(2)14(9-19(24)34)8-15(33)10-21(28)30(40)27(39)26(38)25(37)20(12-32)41-30/h13-22,24-27,32-35,37-40H,4-12H2,1-3H3,(H2,31,36)/t13?,14?,15?,16?,17?,18?,19?,20-,21?,22?,24?,25-,26+,27-,28?,29?,30?/m1/s1. The summed E-state index contributed by atoms with van der Waals surface area (Å²) in [5.41, 5.74) is 4.11. The average molecular weight is 586 g/mol. The molecule has 5 rings (SSSR count). The Bertz CT molecular complexity index is 983. The lowest BCUT2D eigenvalue weighted by atomic mass is 9.40. The third-order valence-corrected chi connectivity index (χ3v) is 13.0. The number of carbonyl (C=O) groups is 1. The molecule has 5 aliphatic rings. The summed E-state index contributed by atoms with van der Waals surface area (Å²) in [4.78, 5) is 11.5. The first kappa shape index (κ1) is 31.5. The predicted molar refractivity (Wildman–Crippen MR) is 145 cm³/mol. The fourth-order valence-electron chi connectivity index (χ4n) is 10.9. The van der Waals surface area contributed by atoms with Crippen molar-refractivity contribution < 1.29 is 50.4 Å². The van der Waals surface area contributed by atoms with Crippen LogP contribution < -0.4 is 5.73 Å². The van der Waals surface area contributed by atoms with Gasteiger partial charge in [-0.05, 0) is 91.3 Å². The number of carbonyl (C=O) groups excluding carboxylic acids is 1. The van der Waals surface area contributed by atoms with Crippen LogP contribution in [-0.4, -0.2) is 102 Å². The van der Waals surface area contributed by atoms with E-state index in [2.05, 4.69) is 13.8 Å². The minimum absolute atomic E-state index is 0.0259. The molecule has 17 atom stereocenters. The molecule has 11 heteroatoms. The third-order valence-electron chi connectivity index (χ3n) is 13.0. The number of primary amides is 1. The summed E-state index contributed by atoms with van der Waals surface area (Å²) in [5, 5.41) is 88.6. The summed E-state index contributed by atoms with van der Waals surface area (Å²) in [6, 6.07) is 0. The van der Waals surface area contributed by atoms with Crippen molar-refractivity contribution in [2.45, 2.75) is 121 Å². The Labute approximate surface area is 241 Å². The van der Waals surface area contributed by atoms with Gasteiger partial charge in [-0.2, -0.15) is 0 Å². The first-order valence-electron chi connectivity index (χ1n) is 15.5. The molecule has 0 spiro atoms. The number of hydrogen-bond acceptors (Lipinski definition) is 10. The van der Waals surface area contributed by atoms with E-state index in [1.807, 2.05) is 6.92 Å². The fourth-order valence-corrected chi connectivity index (χ4v) is 10.9. The van der Waals surface area contributed by atoms with E-state index in [4.69, 9.17) is 10.5 Å². The highest BCUT2D eigenvalue weighted by Crippen LogP contribution is 2.70. The smallest absolute Gasteiger partial charge is 0.217 e. The van der Waals surface area contributed by atoms with Crippen LogP contribution in [0.3, 0.4) is 0 Å². The molecule has 5 fully saturated rings. The second kappa shape index (κ2) is 10.9. The Morgan fingerprint density at radius 3 is 2.27 bits per heavy atom. The van der Waals surface area contributed by atoms with Crippen LogP contribution in [0, 0.1) is 52.3 Å². The van der Waals surface area contributed by atoms with Gasteiger partial charge < -0.3 is 51.3 Å². The van der Waals surface area contributed by atoms with Crippen LogP contribution in [0.15, 0.2) is 0 Å². The highest BCUT2D eigenvalue weighted by molar-refractivity contribution is 5.73. The molecule has 1 saturated heterocycles. The number of nitrogens with two attached hydrogens (primary N) is 1. The van der Waals surface area contributed by atoms with Crippen LogP contribution in [-0.2, 0) is 9.53 Å². The van der Waals surface area contributed by atoms with Gasteiger partial charge in [0.2, 0.25) is 5.91 Å². The number of fused-ring (bicyclic) bond motifs is 5. The number of ether oxygens (including phenoxy) is 1. The molecule has 11 nitrogen and oxygen atoms in total. The van der Waals surface area contributed by atoms with E-state index in [9.17, 15) is 45.6 Å². The topological polar surface area (TPSA) is 214 Å². The first-order chi connectivity index (χ1) is 19.1. The van der Waals surface area contributed by atoms with Gasteiger partial charge in [0.25, 0.3) is 0 Å². The third kappa shape index (κ3) is 4.61. The van der Waals surface area contributed by atoms with Gasteiger partial charge in [-0.3, -0.25) is 4.79 Å². The van der Waals surface area contributed by atoms with Crippen molar-refractivity contribution in [1.29, 1.82) is 0 Å².